The van der Waals surface area contributed by atoms with Gasteiger partial charge in [0.2, 0.25) is 0 Å². The first-order chi connectivity index (χ1) is 8.78. The van der Waals surface area contributed by atoms with Gasteiger partial charge in [-0.3, -0.25) is 0 Å². The Morgan fingerprint density at radius 1 is 1.20 bits per heavy atom. The van der Waals surface area contributed by atoms with Gasteiger partial charge >= 0.3 is 0 Å². The van der Waals surface area contributed by atoms with Gasteiger partial charge in [0.05, 0.1) is 6.54 Å². The zero-order valence-corrected chi connectivity index (χ0v) is 15.4. The average molecular weight is 390 g/mol. The molecule has 0 aliphatic heterocycles. The van der Waals surface area contributed by atoms with Crippen LogP contribution in [0, 0.1) is 0 Å². The van der Waals surface area contributed by atoms with Crippen molar-refractivity contribution in [2.75, 3.05) is 14.1 Å². The summed E-state index contributed by atoms with van der Waals surface area (Å²) in [6, 6.07) is 8.34. The third-order valence-electron chi connectivity index (χ3n) is 2.53. The summed E-state index contributed by atoms with van der Waals surface area (Å²) in [5.74, 6) is 0.493. The van der Waals surface area contributed by atoms with Gasteiger partial charge in [-0.1, -0.05) is 24.3 Å². The standard InChI is InChI=1S/C15H26N4.HI/c1-15(2,3)18-14(16)17-10-12-8-6-7-9-13(12)11-19(4)5;/h6-9H,10-11H2,1-5H3,(H3,16,17,18);1H. The normalized spacial score (nSPS) is 12.2. The van der Waals surface area contributed by atoms with Crippen molar-refractivity contribution in [2.24, 2.45) is 10.7 Å². The van der Waals surface area contributed by atoms with E-state index in [9.17, 15) is 0 Å². The molecular weight excluding hydrogens is 363 g/mol. The molecule has 0 unspecified atom stereocenters. The Balaban J connectivity index is 0.00000361. The number of guanidine groups is 1. The van der Waals surface area contributed by atoms with Crippen molar-refractivity contribution >= 4 is 29.9 Å². The number of hydrogen-bond donors (Lipinski definition) is 2. The summed E-state index contributed by atoms with van der Waals surface area (Å²) in [6.45, 7) is 7.72. The number of nitrogens with two attached hydrogens (primary N) is 1. The number of aliphatic imine (C=N–C) groups is 1. The smallest absolute Gasteiger partial charge is 0.189 e. The van der Waals surface area contributed by atoms with Crippen molar-refractivity contribution < 1.29 is 0 Å². The predicted octanol–water partition coefficient (Wildman–Crippen LogP) is 2.57. The number of benzene rings is 1. The highest BCUT2D eigenvalue weighted by Gasteiger charge is 2.10. The molecule has 0 atom stereocenters. The Morgan fingerprint density at radius 3 is 2.25 bits per heavy atom. The number of rotatable bonds is 4. The molecule has 1 aromatic rings. The van der Waals surface area contributed by atoms with Crippen LogP contribution < -0.4 is 11.1 Å². The van der Waals surface area contributed by atoms with Gasteiger partial charge in [0.25, 0.3) is 0 Å². The van der Waals surface area contributed by atoms with Crippen LogP contribution in [0.25, 0.3) is 0 Å². The van der Waals surface area contributed by atoms with Gasteiger partial charge in [-0.25, -0.2) is 4.99 Å². The third kappa shape index (κ3) is 7.69. The van der Waals surface area contributed by atoms with Crippen LogP contribution in [0.1, 0.15) is 31.9 Å². The van der Waals surface area contributed by atoms with Gasteiger partial charge in [-0.15, -0.1) is 24.0 Å². The lowest BCUT2D eigenvalue weighted by Crippen LogP contribution is -2.45. The summed E-state index contributed by atoms with van der Waals surface area (Å²) in [5, 5.41) is 3.17. The van der Waals surface area contributed by atoms with Gasteiger partial charge < -0.3 is 16.0 Å². The maximum atomic E-state index is 5.89. The van der Waals surface area contributed by atoms with Crippen LogP contribution >= 0.6 is 24.0 Å². The van der Waals surface area contributed by atoms with Crippen LogP contribution in [0.15, 0.2) is 29.3 Å². The van der Waals surface area contributed by atoms with E-state index in [0.717, 1.165) is 6.54 Å². The van der Waals surface area contributed by atoms with Gasteiger partial charge in [0.1, 0.15) is 0 Å². The summed E-state index contributed by atoms with van der Waals surface area (Å²) in [5.41, 5.74) is 8.34. The fourth-order valence-electron chi connectivity index (χ4n) is 1.80. The van der Waals surface area contributed by atoms with Crippen molar-refractivity contribution in [3.63, 3.8) is 0 Å². The molecule has 1 rings (SSSR count). The maximum Gasteiger partial charge on any atom is 0.189 e. The Hall–Kier alpha value is -0.820. The molecule has 0 aromatic heterocycles. The van der Waals surface area contributed by atoms with Gasteiger partial charge in [0.15, 0.2) is 5.96 Å². The Kier molecular flexibility index (Phi) is 8.12. The van der Waals surface area contributed by atoms with Gasteiger partial charge in [0, 0.05) is 12.1 Å². The third-order valence-corrected chi connectivity index (χ3v) is 2.53. The van der Waals surface area contributed by atoms with E-state index in [1.807, 2.05) is 6.07 Å². The average Bonchev–Trinajstić information content (AvgIpc) is 2.24. The second-order valence-corrected chi connectivity index (χ2v) is 6.08. The van der Waals surface area contributed by atoms with E-state index in [-0.39, 0.29) is 29.5 Å². The molecule has 0 amide bonds. The first kappa shape index (κ1) is 19.2. The Morgan fingerprint density at radius 2 is 1.75 bits per heavy atom. The fraction of sp³-hybridized carbons (Fsp3) is 0.533. The van der Waals surface area contributed by atoms with E-state index in [1.165, 1.54) is 11.1 Å². The lowest BCUT2D eigenvalue weighted by Gasteiger charge is -2.21. The van der Waals surface area contributed by atoms with Crippen molar-refractivity contribution in [2.45, 2.75) is 39.4 Å². The zero-order valence-electron chi connectivity index (χ0n) is 13.1. The molecule has 0 heterocycles. The molecule has 1 aromatic carbocycles. The molecule has 5 heteroatoms. The largest absolute Gasteiger partial charge is 0.370 e. The summed E-state index contributed by atoms with van der Waals surface area (Å²) >= 11 is 0. The molecule has 0 aliphatic carbocycles. The fourth-order valence-corrected chi connectivity index (χ4v) is 1.80. The Labute approximate surface area is 139 Å². The number of hydrogen-bond acceptors (Lipinski definition) is 2. The van der Waals surface area contributed by atoms with Crippen molar-refractivity contribution in [1.29, 1.82) is 0 Å². The monoisotopic (exact) mass is 390 g/mol. The second-order valence-electron chi connectivity index (χ2n) is 6.08. The maximum absolute atomic E-state index is 5.89. The molecule has 0 radical (unpaired) electrons. The zero-order chi connectivity index (χ0) is 14.5. The van der Waals surface area contributed by atoms with E-state index in [0.29, 0.717) is 12.5 Å². The molecular formula is C15H27IN4. The second kappa shape index (κ2) is 8.46. The quantitative estimate of drug-likeness (QED) is 0.472. The van der Waals surface area contributed by atoms with Gasteiger partial charge in [-0.2, -0.15) is 0 Å². The number of nitrogens with one attached hydrogen (secondary N) is 1. The minimum atomic E-state index is -0.0588. The lowest BCUT2D eigenvalue weighted by molar-refractivity contribution is 0.401. The van der Waals surface area contributed by atoms with E-state index in [1.54, 1.807) is 0 Å². The highest BCUT2D eigenvalue weighted by atomic mass is 127. The molecule has 20 heavy (non-hydrogen) atoms. The van der Waals surface area contributed by atoms with Crippen LogP contribution in [-0.2, 0) is 13.1 Å². The van der Waals surface area contributed by atoms with Crippen LogP contribution in [-0.4, -0.2) is 30.5 Å². The van der Waals surface area contributed by atoms with E-state index < -0.39 is 0 Å². The Bertz CT molecular complexity index is 436. The predicted molar refractivity (Wildman–Crippen MR) is 97.5 cm³/mol. The molecule has 4 nitrogen and oxygen atoms in total. The number of nitrogens with zero attached hydrogens (tertiary/aromatic N) is 2. The van der Waals surface area contributed by atoms with E-state index in [2.05, 4.69) is 68.3 Å². The molecule has 114 valence electrons. The first-order valence-electron chi connectivity index (χ1n) is 6.57. The molecule has 0 saturated carbocycles. The number of halogens is 1. The van der Waals surface area contributed by atoms with E-state index >= 15 is 0 Å². The molecule has 3 N–H and O–H groups in total. The summed E-state index contributed by atoms with van der Waals surface area (Å²) in [6.07, 6.45) is 0. The first-order valence-corrected chi connectivity index (χ1v) is 6.57. The van der Waals surface area contributed by atoms with Crippen molar-refractivity contribution in [3.8, 4) is 0 Å². The van der Waals surface area contributed by atoms with E-state index in [4.69, 9.17) is 5.73 Å². The van der Waals surface area contributed by atoms with Crippen molar-refractivity contribution in [1.82, 2.24) is 10.2 Å². The van der Waals surface area contributed by atoms with Gasteiger partial charge in [-0.05, 0) is 46.0 Å². The minimum absolute atomic E-state index is 0. The lowest BCUT2D eigenvalue weighted by atomic mass is 10.1. The molecule has 0 aliphatic rings. The van der Waals surface area contributed by atoms with Crippen LogP contribution in [0.4, 0.5) is 0 Å². The van der Waals surface area contributed by atoms with Crippen LogP contribution in [0.3, 0.4) is 0 Å². The molecule has 0 bridgehead atoms. The molecule has 0 fully saturated rings. The highest BCUT2D eigenvalue weighted by Crippen LogP contribution is 2.11. The SMILES string of the molecule is CN(C)Cc1ccccc1CN=C(N)NC(C)(C)C.I. The minimum Gasteiger partial charge on any atom is -0.370 e. The summed E-state index contributed by atoms with van der Waals surface area (Å²) < 4.78 is 0. The molecule has 0 saturated heterocycles. The topological polar surface area (TPSA) is 53.6 Å². The van der Waals surface area contributed by atoms with Crippen LogP contribution in [0.5, 0.6) is 0 Å². The van der Waals surface area contributed by atoms with Crippen molar-refractivity contribution in [3.05, 3.63) is 35.4 Å². The summed E-state index contributed by atoms with van der Waals surface area (Å²) in [4.78, 5) is 6.56. The highest BCUT2D eigenvalue weighted by molar-refractivity contribution is 14.0. The molecule has 0 spiro atoms. The summed E-state index contributed by atoms with van der Waals surface area (Å²) in [7, 11) is 4.13. The van der Waals surface area contributed by atoms with Crippen LogP contribution in [0.2, 0.25) is 0 Å².